The van der Waals surface area contributed by atoms with Gasteiger partial charge >= 0.3 is 0 Å². The van der Waals surface area contributed by atoms with Crippen LogP contribution in [-0.4, -0.2) is 5.33 Å². The van der Waals surface area contributed by atoms with Gasteiger partial charge in [-0.15, -0.1) is 0 Å². The van der Waals surface area contributed by atoms with Crippen LogP contribution in [-0.2, 0) is 0 Å². The highest BCUT2D eigenvalue weighted by molar-refractivity contribution is 9.09. The van der Waals surface area contributed by atoms with Gasteiger partial charge in [-0.3, -0.25) is 0 Å². The Morgan fingerprint density at radius 2 is 1.76 bits per heavy atom. The van der Waals surface area contributed by atoms with E-state index in [2.05, 4.69) is 53.2 Å². The zero-order valence-corrected chi connectivity index (χ0v) is 12.3. The Labute approximate surface area is 114 Å². The summed E-state index contributed by atoms with van der Waals surface area (Å²) < 4.78 is 0. The first-order valence-corrected chi connectivity index (χ1v) is 8.04. The van der Waals surface area contributed by atoms with Crippen molar-refractivity contribution in [2.24, 2.45) is 11.8 Å². The van der Waals surface area contributed by atoms with E-state index in [0.717, 1.165) is 17.8 Å². The lowest BCUT2D eigenvalue weighted by atomic mass is 9.74. The minimum absolute atomic E-state index is 0.737. The van der Waals surface area contributed by atoms with Crippen LogP contribution in [0.3, 0.4) is 0 Å². The molecule has 0 bridgehead atoms. The summed E-state index contributed by atoms with van der Waals surface area (Å²) in [4.78, 5) is 0. The van der Waals surface area contributed by atoms with E-state index < -0.39 is 0 Å². The largest absolute Gasteiger partial charge is 0.0928 e. The molecule has 0 aliphatic heterocycles. The topological polar surface area (TPSA) is 0 Å². The van der Waals surface area contributed by atoms with Gasteiger partial charge in [-0.25, -0.2) is 0 Å². The van der Waals surface area contributed by atoms with Gasteiger partial charge < -0.3 is 0 Å². The van der Waals surface area contributed by atoms with E-state index in [9.17, 15) is 0 Å². The van der Waals surface area contributed by atoms with Gasteiger partial charge in [0.15, 0.2) is 0 Å². The number of benzene rings is 1. The van der Waals surface area contributed by atoms with Crippen molar-refractivity contribution < 1.29 is 0 Å². The molecule has 0 nitrogen and oxygen atoms in total. The molecule has 0 radical (unpaired) electrons. The fourth-order valence-corrected chi connectivity index (χ4v) is 3.81. The standard InChI is InChI=1S/C16H23Br/c1-13(15-5-3-2-4-6-15)16-9-7-14(8-10-16)11-12-17/h2-6,13-14,16H,7-12H2,1H3. The molecule has 1 fully saturated rings. The highest BCUT2D eigenvalue weighted by atomic mass is 79.9. The molecule has 2 rings (SSSR count). The van der Waals surface area contributed by atoms with Crippen LogP contribution < -0.4 is 0 Å². The smallest absolute Gasteiger partial charge is 0.00339 e. The zero-order valence-electron chi connectivity index (χ0n) is 10.7. The first-order valence-electron chi connectivity index (χ1n) is 6.92. The van der Waals surface area contributed by atoms with E-state index in [4.69, 9.17) is 0 Å². The minimum Gasteiger partial charge on any atom is -0.0928 e. The maximum atomic E-state index is 3.57. The predicted molar refractivity (Wildman–Crippen MR) is 78.7 cm³/mol. The average Bonchev–Trinajstić information content (AvgIpc) is 2.40. The van der Waals surface area contributed by atoms with Crippen LogP contribution in [0.1, 0.15) is 50.5 Å². The second kappa shape index (κ2) is 6.58. The van der Waals surface area contributed by atoms with Gasteiger partial charge in [-0.1, -0.05) is 66.0 Å². The molecule has 0 heterocycles. The summed E-state index contributed by atoms with van der Waals surface area (Å²) in [6, 6.07) is 11.0. The van der Waals surface area contributed by atoms with Crippen molar-refractivity contribution in [1.82, 2.24) is 0 Å². The van der Waals surface area contributed by atoms with Crippen LogP contribution in [0.25, 0.3) is 0 Å². The Morgan fingerprint density at radius 1 is 1.12 bits per heavy atom. The van der Waals surface area contributed by atoms with Gasteiger partial charge in [0, 0.05) is 5.33 Å². The minimum atomic E-state index is 0.737. The van der Waals surface area contributed by atoms with Crippen molar-refractivity contribution in [3.63, 3.8) is 0 Å². The van der Waals surface area contributed by atoms with Crippen LogP contribution in [0.2, 0.25) is 0 Å². The molecule has 1 atom stereocenters. The van der Waals surface area contributed by atoms with E-state index in [1.54, 1.807) is 0 Å². The fraction of sp³-hybridized carbons (Fsp3) is 0.625. The molecule has 0 spiro atoms. The molecule has 94 valence electrons. The van der Waals surface area contributed by atoms with Gasteiger partial charge in [0.2, 0.25) is 0 Å². The molecule has 1 aromatic carbocycles. The molecule has 0 aromatic heterocycles. The summed E-state index contributed by atoms with van der Waals surface area (Å²) >= 11 is 3.57. The number of hydrogen-bond donors (Lipinski definition) is 0. The summed E-state index contributed by atoms with van der Waals surface area (Å²) in [6.45, 7) is 2.41. The van der Waals surface area contributed by atoms with Crippen molar-refractivity contribution >= 4 is 15.9 Å². The molecule has 1 heteroatoms. The van der Waals surface area contributed by atoms with E-state index in [1.165, 1.54) is 43.0 Å². The van der Waals surface area contributed by atoms with Crippen LogP contribution in [0.15, 0.2) is 30.3 Å². The Kier molecular flexibility index (Phi) is 5.09. The molecular weight excluding hydrogens is 272 g/mol. The number of halogens is 1. The lowest BCUT2D eigenvalue weighted by molar-refractivity contribution is 0.246. The van der Waals surface area contributed by atoms with E-state index in [1.807, 2.05) is 0 Å². The predicted octanol–water partition coefficient (Wildman–Crippen LogP) is 5.38. The molecule has 17 heavy (non-hydrogen) atoms. The summed E-state index contributed by atoms with van der Waals surface area (Å²) in [5.74, 6) is 2.62. The Morgan fingerprint density at radius 3 is 2.35 bits per heavy atom. The van der Waals surface area contributed by atoms with Crippen LogP contribution >= 0.6 is 15.9 Å². The first-order chi connectivity index (χ1) is 8.31. The molecule has 0 saturated heterocycles. The third kappa shape index (κ3) is 3.58. The second-order valence-electron chi connectivity index (χ2n) is 5.46. The van der Waals surface area contributed by atoms with E-state index >= 15 is 0 Å². The van der Waals surface area contributed by atoms with Gasteiger partial charge in [-0.2, -0.15) is 0 Å². The van der Waals surface area contributed by atoms with Crippen molar-refractivity contribution in [3.05, 3.63) is 35.9 Å². The second-order valence-corrected chi connectivity index (χ2v) is 6.25. The van der Waals surface area contributed by atoms with Gasteiger partial charge in [0.1, 0.15) is 0 Å². The summed E-state index contributed by atoms with van der Waals surface area (Å²) in [6.07, 6.45) is 7.09. The Balaban J connectivity index is 1.88. The van der Waals surface area contributed by atoms with E-state index in [0.29, 0.717) is 0 Å². The lowest BCUT2D eigenvalue weighted by Crippen LogP contribution is -2.19. The average molecular weight is 295 g/mol. The monoisotopic (exact) mass is 294 g/mol. The molecule has 0 N–H and O–H groups in total. The molecule has 1 unspecified atom stereocenters. The van der Waals surface area contributed by atoms with Crippen LogP contribution in [0, 0.1) is 11.8 Å². The van der Waals surface area contributed by atoms with Gasteiger partial charge in [-0.05, 0) is 42.6 Å². The van der Waals surface area contributed by atoms with Gasteiger partial charge in [0.25, 0.3) is 0 Å². The van der Waals surface area contributed by atoms with Crippen LogP contribution in [0.4, 0.5) is 0 Å². The highest BCUT2D eigenvalue weighted by Crippen LogP contribution is 2.38. The van der Waals surface area contributed by atoms with Crippen molar-refractivity contribution in [1.29, 1.82) is 0 Å². The van der Waals surface area contributed by atoms with Crippen LogP contribution in [0.5, 0.6) is 0 Å². The summed E-state index contributed by atoms with van der Waals surface area (Å²) in [5, 5.41) is 1.18. The third-order valence-corrected chi connectivity index (χ3v) is 4.90. The Bertz CT molecular complexity index is 312. The number of hydrogen-bond acceptors (Lipinski definition) is 0. The molecule has 1 aromatic rings. The summed E-state index contributed by atoms with van der Waals surface area (Å²) in [7, 11) is 0. The summed E-state index contributed by atoms with van der Waals surface area (Å²) in [5.41, 5.74) is 1.52. The van der Waals surface area contributed by atoms with E-state index in [-0.39, 0.29) is 0 Å². The molecular formula is C16H23Br. The number of alkyl halides is 1. The third-order valence-electron chi connectivity index (χ3n) is 4.44. The number of rotatable bonds is 4. The zero-order chi connectivity index (χ0) is 12.1. The first kappa shape index (κ1) is 13.1. The fourth-order valence-electron chi connectivity index (χ4n) is 3.16. The quantitative estimate of drug-likeness (QED) is 0.654. The molecule has 1 aliphatic carbocycles. The van der Waals surface area contributed by atoms with Gasteiger partial charge in [0.05, 0.1) is 0 Å². The molecule has 0 amide bonds. The normalized spacial score (nSPS) is 26.7. The van der Waals surface area contributed by atoms with Crippen molar-refractivity contribution in [3.8, 4) is 0 Å². The maximum absolute atomic E-state index is 3.57. The van der Waals surface area contributed by atoms with Crippen molar-refractivity contribution in [2.75, 3.05) is 5.33 Å². The lowest BCUT2D eigenvalue weighted by Gasteiger charge is -2.32. The van der Waals surface area contributed by atoms with Crippen molar-refractivity contribution in [2.45, 2.75) is 44.9 Å². The Hall–Kier alpha value is -0.300. The maximum Gasteiger partial charge on any atom is 0.00339 e. The highest BCUT2D eigenvalue weighted by Gasteiger charge is 2.25. The molecule has 1 saturated carbocycles. The molecule has 1 aliphatic rings. The SMILES string of the molecule is CC(c1ccccc1)C1CCC(CCBr)CC1.